The van der Waals surface area contributed by atoms with Crippen LogP contribution in [0.1, 0.15) is 0 Å². The van der Waals surface area contributed by atoms with Crippen LogP contribution in [0.5, 0.6) is 0 Å². The van der Waals surface area contributed by atoms with Crippen LogP contribution in [0.3, 0.4) is 0 Å². The minimum Gasteiger partial charge on any atom is -0.306 e. The average Bonchev–Trinajstić information content (AvgIpc) is 2.92. The van der Waals surface area contributed by atoms with Crippen LogP contribution in [0.4, 0.5) is 0 Å². The molecule has 2 nitrogen and oxygen atoms in total. The van der Waals surface area contributed by atoms with Gasteiger partial charge in [0.25, 0.3) is 0 Å². The molecular formula is C17H11ClN2. The van der Waals surface area contributed by atoms with Crippen molar-refractivity contribution in [1.29, 1.82) is 0 Å². The fourth-order valence-corrected chi connectivity index (χ4v) is 2.74. The lowest BCUT2D eigenvalue weighted by atomic mass is 10.2. The van der Waals surface area contributed by atoms with Crippen LogP contribution >= 0.6 is 11.6 Å². The molecule has 3 heteroatoms. The van der Waals surface area contributed by atoms with Crippen LogP contribution in [0.15, 0.2) is 67.0 Å². The standard InChI is InChI=1S/C17H11ClN2/c18-15-8-4-3-7-14(15)16-11-20-10-9-12-5-1-2-6-13(12)17(20)19-16/h1-11H. The van der Waals surface area contributed by atoms with Gasteiger partial charge in [0, 0.05) is 23.3 Å². The van der Waals surface area contributed by atoms with E-state index in [0.29, 0.717) is 0 Å². The molecule has 4 rings (SSSR count). The molecule has 0 saturated carbocycles. The van der Waals surface area contributed by atoms with Crippen LogP contribution < -0.4 is 0 Å². The predicted molar refractivity (Wildman–Crippen MR) is 83.1 cm³/mol. The van der Waals surface area contributed by atoms with Gasteiger partial charge in [0.15, 0.2) is 0 Å². The van der Waals surface area contributed by atoms with Gasteiger partial charge in [-0.15, -0.1) is 0 Å². The quantitative estimate of drug-likeness (QED) is 0.488. The summed E-state index contributed by atoms with van der Waals surface area (Å²) in [6.45, 7) is 0. The number of aromatic nitrogens is 2. The summed E-state index contributed by atoms with van der Waals surface area (Å²) >= 11 is 6.26. The zero-order valence-corrected chi connectivity index (χ0v) is 11.4. The number of hydrogen-bond donors (Lipinski definition) is 0. The molecular weight excluding hydrogens is 268 g/mol. The van der Waals surface area contributed by atoms with Crippen LogP contribution in [-0.2, 0) is 0 Å². The molecule has 0 unspecified atom stereocenters. The second kappa shape index (κ2) is 4.36. The highest BCUT2D eigenvalue weighted by atomic mass is 35.5. The lowest BCUT2D eigenvalue weighted by molar-refractivity contribution is 1.20. The highest BCUT2D eigenvalue weighted by Crippen LogP contribution is 2.28. The van der Waals surface area contributed by atoms with Gasteiger partial charge in [0.05, 0.1) is 10.7 Å². The van der Waals surface area contributed by atoms with E-state index in [0.717, 1.165) is 27.3 Å². The number of pyridine rings is 1. The second-order valence-corrected chi connectivity index (χ2v) is 5.15. The van der Waals surface area contributed by atoms with E-state index < -0.39 is 0 Å². The Labute approximate surface area is 121 Å². The van der Waals surface area contributed by atoms with Crippen molar-refractivity contribution in [3.8, 4) is 11.3 Å². The van der Waals surface area contributed by atoms with Gasteiger partial charge in [0.1, 0.15) is 5.65 Å². The molecule has 0 amide bonds. The van der Waals surface area contributed by atoms with Crippen molar-refractivity contribution in [1.82, 2.24) is 9.38 Å². The van der Waals surface area contributed by atoms with Crippen LogP contribution in [-0.4, -0.2) is 9.38 Å². The minimum absolute atomic E-state index is 0.722. The number of hydrogen-bond acceptors (Lipinski definition) is 1. The van der Waals surface area contributed by atoms with Gasteiger partial charge < -0.3 is 4.40 Å². The molecule has 0 aliphatic heterocycles. The first-order valence-electron chi connectivity index (χ1n) is 6.44. The third-order valence-electron chi connectivity index (χ3n) is 3.50. The molecule has 0 radical (unpaired) electrons. The van der Waals surface area contributed by atoms with Crippen molar-refractivity contribution in [2.45, 2.75) is 0 Å². The van der Waals surface area contributed by atoms with Gasteiger partial charge in [-0.1, -0.05) is 54.1 Å². The number of fused-ring (bicyclic) bond motifs is 3. The third-order valence-corrected chi connectivity index (χ3v) is 3.83. The summed E-state index contributed by atoms with van der Waals surface area (Å²) in [4.78, 5) is 4.75. The van der Waals surface area contributed by atoms with Crippen molar-refractivity contribution in [3.63, 3.8) is 0 Å². The molecule has 0 bridgehead atoms. The van der Waals surface area contributed by atoms with E-state index in [2.05, 4.69) is 18.2 Å². The molecule has 0 spiro atoms. The first kappa shape index (κ1) is 11.5. The Balaban J connectivity index is 2.04. The van der Waals surface area contributed by atoms with E-state index in [1.807, 2.05) is 53.2 Å². The second-order valence-electron chi connectivity index (χ2n) is 4.74. The maximum atomic E-state index is 6.26. The summed E-state index contributed by atoms with van der Waals surface area (Å²) in [5.41, 5.74) is 2.81. The molecule has 2 aromatic heterocycles. The average molecular weight is 279 g/mol. The van der Waals surface area contributed by atoms with Gasteiger partial charge in [0.2, 0.25) is 0 Å². The van der Waals surface area contributed by atoms with Crippen molar-refractivity contribution in [3.05, 3.63) is 72.0 Å². The van der Waals surface area contributed by atoms with E-state index in [1.54, 1.807) is 0 Å². The summed E-state index contributed by atoms with van der Waals surface area (Å²) < 4.78 is 2.04. The normalized spacial score (nSPS) is 11.2. The van der Waals surface area contributed by atoms with Crippen LogP contribution in [0.2, 0.25) is 5.02 Å². The number of benzene rings is 2. The van der Waals surface area contributed by atoms with Gasteiger partial charge >= 0.3 is 0 Å². The number of halogens is 1. The zero-order valence-electron chi connectivity index (χ0n) is 10.6. The summed E-state index contributed by atoms with van der Waals surface area (Å²) in [6, 6.07) is 18.1. The summed E-state index contributed by atoms with van der Waals surface area (Å²) in [7, 11) is 0. The number of rotatable bonds is 1. The molecule has 0 N–H and O–H groups in total. The topological polar surface area (TPSA) is 17.3 Å². The maximum absolute atomic E-state index is 6.26. The van der Waals surface area contributed by atoms with Gasteiger partial charge in [-0.3, -0.25) is 0 Å². The Hall–Kier alpha value is -2.32. The highest BCUT2D eigenvalue weighted by Gasteiger charge is 2.09. The molecule has 0 saturated heterocycles. The Morgan fingerprint density at radius 1 is 0.900 bits per heavy atom. The van der Waals surface area contributed by atoms with Gasteiger partial charge in [-0.2, -0.15) is 0 Å². The van der Waals surface area contributed by atoms with Crippen LogP contribution in [0, 0.1) is 0 Å². The first-order valence-corrected chi connectivity index (χ1v) is 6.82. The molecule has 0 aliphatic rings. The van der Waals surface area contributed by atoms with E-state index in [9.17, 15) is 0 Å². The molecule has 2 aromatic carbocycles. The van der Waals surface area contributed by atoms with E-state index in [-0.39, 0.29) is 0 Å². The van der Waals surface area contributed by atoms with E-state index in [1.165, 1.54) is 5.39 Å². The molecule has 0 atom stereocenters. The SMILES string of the molecule is Clc1ccccc1-c1cn2ccc3ccccc3c2n1. The zero-order chi connectivity index (χ0) is 13.5. The highest BCUT2D eigenvalue weighted by molar-refractivity contribution is 6.33. The van der Waals surface area contributed by atoms with E-state index >= 15 is 0 Å². The Bertz CT molecular complexity index is 924. The minimum atomic E-state index is 0.722. The van der Waals surface area contributed by atoms with Gasteiger partial charge in [-0.25, -0.2) is 4.98 Å². The van der Waals surface area contributed by atoms with Crippen molar-refractivity contribution in [2.24, 2.45) is 0 Å². The Morgan fingerprint density at radius 2 is 1.70 bits per heavy atom. The lowest BCUT2D eigenvalue weighted by Crippen LogP contribution is -1.83. The fraction of sp³-hybridized carbons (Fsp3) is 0. The summed E-state index contributed by atoms with van der Waals surface area (Å²) in [6.07, 6.45) is 4.05. The first-order chi connectivity index (χ1) is 9.83. The van der Waals surface area contributed by atoms with Crippen molar-refractivity contribution >= 4 is 28.0 Å². The monoisotopic (exact) mass is 278 g/mol. The summed E-state index contributed by atoms with van der Waals surface area (Å²) in [5.74, 6) is 0. The molecule has 0 fully saturated rings. The third kappa shape index (κ3) is 1.69. The molecule has 2 heterocycles. The smallest absolute Gasteiger partial charge is 0.145 e. The molecule has 20 heavy (non-hydrogen) atoms. The van der Waals surface area contributed by atoms with Crippen molar-refractivity contribution < 1.29 is 0 Å². The molecule has 96 valence electrons. The number of imidazole rings is 1. The Kier molecular flexibility index (Phi) is 2.51. The fourth-order valence-electron chi connectivity index (χ4n) is 2.51. The van der Waals surface area contributed by atoms with Gasteiger partial charge in [-0.05, 0) is 17.5 Å². The molecule has 0 aliphatic carbocycles. The predicted octanol–water partition coefficient (Wildman–Crippen LogP) is 4.81. The van der Waals surface area contributed by atoms with Crippen molar-refractivity contribution in [2.75, 3.05) is 0 Å². The Morgan fingerprint density at radius 3 is 2.60 bits per heavy atom. The van der Waals surface area contributed by atoms with E-state index in [4.69, 9.17) is 16.6 Å². The summed E-state index contributed by atoms with van der Waals surface area (Å²) in [5, 5.41) is 3.06. The largest absolute Gasteiger partial charge is 0.306 e. The number of nitrogens with zero attached hydrogens (tertiary/aromatic N) is 2. The maximum Gasteiger partial charge on any atom is 0.145 e. The molecule has 4 aromatic rings. The lowest BCUT2D eigenvalue weighted by Gasteiger charge is -1.98. The van der Waals surface area contributed by atoms with Crippen LogP contribution in [0.25, 0.3) is 27.7 Å².